The number of carbonyl (C=O) groups is 1. The zero-order chi connectivity index (χ0) is 18.3. The first kappa shape index (κ1) is 17.4. The van der Waals surface area contributed by atoms with Crippen molar-refractivity contribution < 1.29 is 13.2 Å². The van der Waals surface area contributed by atoms with Gasteiger partial charge in [0.25, 0.3) is 5.91 Å². The van der Waals surface area contributed by atoms with Crippen molar-refractivity contribution in [2.45, 2.75) is 44.6 Å². The Labute approximate surface area is 152 Å². The number of fused-ring (bicyclic) bond motifs is 1. The molecule has 140 valence electrons. The molecule has 0 bridgehead atoms. The summed E-state index contributed by atoms with van der Waals surface area (Å²) < 4.78 is 25.6. The quantitative estimate of drug-likeness (QED) is 0.818. The van der Waals surface area contributed by atoms with Gasteiger partial charge in [-0.3, -0.25) is 4.79 Å². The summed E-state index contributed by atoms with van der Waals surface area (Å²) in [6.45, 7) is 2.48. The van der Waals surface area contributed by atoms with Crippen molar-refractivity contribution in [2.75, 3.05) is 18.8 Å². The third kappa shape index (κ3) is 3.33. The normalized spacial score (nSPS) is 21.8. The molecule has 2 N–H and O–H groups in total. The fourth-order valence-corrected chi connectivity index (χ4v) is 4.59. The van der Waals surface area contributed by atoms with Crippen LogP contribution in [0.25, 0.3) is 11.2 Å². The van der Waals surface area contributed by atoms with E-state index >= 15 is 0 Å². The van der Waals surface area contributed by atoms with E-state index in [-0.39, 0.29) is 17.7 Å². The molecule has 1 unspecified atom stereocenters. The number of aromatic nitrogens is 3. The van der Waals surface area contributed by atoms with E-state index in [0.717, 1.165) is 31.4 Å². The number of nitrogens with one attached hydrogen (secondary N) is 2. The first-order valence-corrected chi connectivity index (χ1v) is 10.7. The second-order valence-corrected chi connectivity index (χ2v) is 9.30. The lowest BCUT2D eigenvalue weighted by molar-refractivity contribution is 0.0923. The summed E-state index contributed by atoms with van der Waals surface area (Å²) in [5, 5.41) is 2.97. The summed E-state index contributed by atoms with van der Waals surface area (Å²) in [6, 6.07) is -0.193. The van der Waals surface area contributed by atoms with Crippen LogP contribution < -0.4 is 5.32 Å². The largest absolute Gasteiger partial charge is 0.348 e. The Kier molecular flexibility index (Phi) is 4.44. The Balaban J connectivity index is 1.51. The molecule has 26 heavy (non-hydrogen) atoms. The van der Waals surface area contributed by atoms with Gasteiger partial charge in [-0.2, -0.15) is 4.31 Å². The second-order valence-electron chi connectivity index (χ2n) is 7.04. The monoisotopic (exact) mass is 377 g/mol. The van der Waals surface area contributed by atoms with E-state index in [9.17, 15) is 13.2 Å². The minimum Gasteiger partial charge on any atom is -0.348 e. The SMILES string of the molecule is CCS(=O)(=O)N1CCCC(NC(=O)c2c[nH]c3ncc(C4CC4)nc23)C1. The molecule has 4 rings (SSSR count). The summed E-state index contributed by atoms with van der Waals surface area (Å²) in [6.07, 6.45) is 7.14. The van der Waals surface area contributed by atoms with Crippen LogP contribution in [-0.4, -0.2) is 58.5 Å². The molecule has 2 fully saturated rings. The second kappa shape index (κ2) is 6.62. The van der Waals surface area contributed by atoms with Crippen LogP contribution in [0.3, 0.4) is 0 Å². The Hall–Kier alpha value is -2.00. The summed E-state index contributed by atoms with van der Waals surface area (Å²) in [7, 11) is -3.23. The van der Waals surface area contributed by atoms with Gasteiger partial charge in [0.1, 0.15) is 5.52 Å². The average molecular weight is 377 g/mol. The maximum absolute atomic E-state index is 12.7. The predicted octanol–water partition coefficient (Wildman–Crippen LogP) is 1.38. The van der Waals surface area contributed by atoms with Crippen LogP contribution in [0.1, 0.15) is 54.6 Å². The van der Waals surface area contributed by atoms with E-state index in [0.29, 0.717) is 35.7 Å². The number of aromatic amines is 1. The minimum atomic E-state index is -3.23. The van der Waals surface area contributed by atoms with Crippen LogP contribution in [0.5, 0.6) is 0 Å². The number of piperidine rings is 1. The molecule has 0 spiro atoms. The summed E-state index contributed by atoms with van der Waals surface area (Å²) in [5.41, 5.74) is 2.58. The van der Waals surface area contributed by atoms with Crippen LogP contribution >= 0.6 is 0 Å². The summed E-state index contributed by atoms with van der Waals surface area (Å²) in [4.78, 5) is 24.7. The molecule has 2 aromatic rings. The highest BCUT2D eigenvalue weighted by Crippen LogP contribution is 2.39. The molecule has 1 amide bonds. The number of hydrogen-bond donors (Lipinski definition) is 2. The third-order valence-electron chi connectivity index (χ3n) is 5.12. The van der Waals surface area contributed by atoms with E-state index in [2.05, 4.69) is 20.3 Å². The molecule has 3 heterocycles. The van der Waals surface area contributed by atoms with Crippen LogP contribution in [0, 0.1) is 0 Å². The number of rotatable bonds is 5. The molecule has 1 saturated carbocycles. The molecule has 2 aliphatic rings. The van der Waals surface area contributed by atoms with Crippen molar-refractivity contribution in [1.29, 1.82) is 0 Å². The smallest absolute Gasteiger partial charge is 0.255 e. The first-order chi connectivity index (χ1) is 12.5. The molecule has 0 aromatic carbocycles. The lowest BCUT2D eigenvalue weighted by Gasteiger charge is -2.32. The van der Waals surface area contributed by atoms with Crippen molar-refractivity contribution in [1.82, 2.24) is 24.6 Å². The molecule has 1 atom stereocenters. The topological polar surface area (TPSA) is 108 Å². The van der Waals surface area contributed by atoms with Crippen molar-refractivity contribution >= 4 is 27.1 Å². The lowest BCUT2D eigenvalue weighted by Crippen LogP contribution is -2.49. The number of carbonyl (C=O) groups excluding carboxylic acids is 1. The number of amides is 1. The Morgan fingerprint density at radius 1 is 1.38 bits per heavy atom. The molecule has 8 nitrogen and oxygen atoms in total. The van der Waals surface area contributed by atoms with Crippen LogP contribution in [0.2, 0.25) is 0 Å². The molecule has 2 aromatic heterocycles. The molecular formula is C17H23N5O3S. The Morgan fingerprint density at radius 3 is 2.92 bits per heavy atom. The molecule has 1 saturated heterocycles. The summed E-state index contributed by atoms with van der Waals surface area (Å²) in [5.74, 6) is 0.304. The average Bonchev–Trinajstić information content (AvgIpc) is 3.41. The Morgan fingerprint density at radius 2 is 2.19 bits per heavy atom. The van der Waals surface area contributed by atoms with Crippen molar-refractivity contribution in [3.8, 4) is 0 Å². The van der Waals surface area contributed by atoms with E-state index < -0.39 is 10.0 Å². The van der Waals surface area contributed by atoms with Crippen molar-refractivity contribution in [2.24, 2.45) is 0 Å². The van der Waals surface area contributed by atoms with Gasteiger partial charge in [0, 0.05) is 31.2 Å². The van der Waals surface area contributed by atoms with E-state index in [1.165, 1.54) is 4.31 Å². The molecule has 1 aliphatic heterocycles. The van der Waals surface area contributed by atoms with Crippen LogP contribution in [-0.2, 0) is 10.0 Å². The molecule has 9 heteroatoms. The first-order valence-electron chi connectivity index (χ1n) is 9.10. The van der Waals surface area contributed by atoms with Crippen molar-refractivity contribution in [3.05, 3.63) is 23.7 Å². The molecule has 1 aliphatic carbocycles. The fourth-order valence-electron chi connectivity index (χ4n) is 3.41. The van der Waals surface area contributed by atoms with Gasteiger partial charge in [-0.1, -0.05) is 0 Å². The minimum absolute atomic E-state index is 0.0790. The number of sulfonamides is 1. The van der Waals surface area contributed by atoms with Crippen LogP contribution in [0.15, 0.2) is 12.4 Å². The highest BCUT2D eigenvalue weighted by Gasteiger charge is 2.30. The predicted molar refractivity (Wildman–Crippen MR) is 97.4 cm³/mol. The number of nitrogens with zero attached hydrogens (tertiary/aromatic N) is 3. The zero-order valence-corrected chi connectivity index (χ0v) is 15.6. The van der Waals surface area contributed by atoms with Gasteiger partial charge in [0.05, 0.1) is 23.2 Å². The van der Waals surface area contributed by atoms with E-state index in [1.54, 1.807) is 19.3 Å². The van der Waals surface area contributed by atoms with Gasteiger partial charge in [-0.25, -0.2) is 18.4 Å². The summed E-state index contributed by atoms with van der Waals surface area (Å²) >= 11 is 0. The highest BCUT2D eigenvalue weighted by atomic mass is 32.2. The standard InChI is InChI=1S/C17H23N5O3S/c1-2-26(24,25)22-7-3-4-12(10-22)20-17(23)13-8-18-16-15(13)21-14(9-19-16)11-5-6-11/h8-9,11-12H,2-7,10H2,1H3,(H,18,19)(H,20,23). The van der Waals surface area contributed by atoms with Gasteiger partial charge >= 0.3 is 0 Å². The van der Waals surface area contributed by atoms with Gasteiger partial charge in [-0.15, -0.1) is 0 Å². The third-order valence-corrected chi connectivity index (χ3v) is 6.97. The Bertz CT molecular complexity index is 935. The fraction of sp³-hybridized carbons (Fsp3) is 0.588. The van der Waals surface area contributed by atoms with Crippen molar-refractivity contribution in [3.63, 3.8) is 0 Å². The van der Waals surface area contributed by atoms with E-state index in [4.69, 9.17) is 0 Å². The van der Waals surface area contributed by atoms with Gasteiger partial charge in [-0.05, 0) is 32.6 Å². The molecular weight excluding hydrogens is 354 g/mol. The van der Waals surface area contributed by atoms with Gasteiger partial charge < -0.3 is 10.3 Å². The maximum Gasteiger partial charge on any atom is 0.255 e. The number of H-pyrrole nitrogens is 1. The number of hydrogen-bond acceptors (Lipinski definition) is 5. The highest BCUT2D eigenvalue weighted by molar-refractivity contribution is 7.89. The zero-order valence-electron chi connectivity index (χ0n) is 14.7. The van der Waals surface area contributed by atoms with Crippen LogP contribution in [0.4, 0.5) is 0 Å². The maximum atomic E-state index is 12.7. The van der Waals surface area contributed by atoms with Gasteiger partial charge in [0.15, 0.2) is 5.65 Å². The van der Waals surface area contributed by atoms with Gasteiger partial charge in [0.2, 0.25) is 10.0 Å². The lowest BCUT2D eigenvalue weighted by atomic mass is 10.1. The van der Waals surface area contributed by atoms with E-state index in [1.807, 2.05) is 0 Å². The molecule has 0 radical (unpaired) electrons.